The Balaban J connectivity index is 1.42. The molecule has 1 unspecified atom stereocenters. The number of hydrogen-bond donors (Lipinski definition) is 0. The van der Waals surface area contributed by atoms with E-state index in [1.54, 1.807) is 19.1 Å². The number of benzene rings is 1. The van der Waals surface area contributed by atoms with Crippen molar-refractivity contribution < 1.29 is 41.5 Å². The molecular formula is C23H21F3N2O6. The van der Waals surface area contributed by atoms with E-state index in [9.17, 15) is 32.3 Å². The first-order valence-corrected chi connectivity index (χ1v) is 10.6. The summed E-state index contributed by atoms with van der Waals surface area (Å²) >= 11 is 0. The number of carbonyl (C=O) groups excluding carboxylic acids is 4. The second-order valence-corrected chi connectivity index (χ2v) is 8.33. The molecule has 2 aliphatic rings. The molecule has 1 atom stereocenters. The lowest BCUT2D eigenvalue weighted by Gasteiger charge is -2.30. The molecular weight excluding hydrogens is 457 g/mol. The van der Waals surface area contributed by atoms with Crippen LogP contribution in [-0.2, 0) is 16.1 Å². The highest BCUT2D eigenvalue weighted by Gasteiger charge is 2.41. The number of nitrogens with zero attached hydrogens (tertiary/aromatic N) is 2. The van der Waals surface area contributed by atoms with Crippen molar-refractivity contribution in [1.29, 1.82) is 0 Å². The minimum atomic E-state index is -4.59. The predicted octanol–water partition coefficient (Wildman–Crippen LogP) is 3.42. The Morgan fingerprint density at radius 1 is 1.18 bits per heavy atom. The second kappa shape index (κ2) is 8.96. The summed E-state index contributed by atoms with van der Waals surface area (Å²) in [5.41, 5.74) is -0.0256. The van der Waals surface area contributed by atoms with Crippen molar-refractivity contribution in [3.8, 4) is 0 Å². The Bertz CT molecular complexity index is 1120. The van der Waals surface area contributed by atoms with Crippen LogP contribution in [0.5, 0.6) is 0 Å². The van der Waals surface area contributed by atoms with Crippen LogP contribution in [0.1, 0.15) is 56.6 Å². The van der Waals surface area contributed by atoms with E-state index in [0.717, 1.165) is 17.7 Å². The molecule has 0 bridgehead atoms. The molecule has 0 N–H and O–H groups in total. The van der Waals surface area contributed by atoms with Crippen molar-refractivity contribution in [3.05, 3.63) is 59.0 Å². The lowest BCUT2D eigenvalue weighted by molar-refractivity contribution is -0.167. The molecule has 1 aromatic heterocycles. The molecule has 4 rings (SSSR count). The Morgan fingerprint density at radius 2 is 1.88 bits per heavy atom. The van der Waals surface area contributed by atoms with Crippen molar-refractivity contribution in [2.45, 2.75) is 38.5 Å². The van der Waals surface area contributed by atoms with Gasteiger partial charge in [0.2, 0.25) is 0 Å². The van der Waals surface area contributed by atoms with Crippen LogP contribution in [0.3, 0.4) is 0 Å². The van der Waals surface area contributed by atoms with Crippen LogP contribution in [0.4, 0.5) is 13.2 Å². The number of ether oxygens (including phenoxy) is 1. The fourth-order valence-corrected chi connectivity index (χ4v) is 3.90. The molecule has 1 saturated carbocycles. The molecule has 0 spiro atoms. The summed E-state index contributed by atoms with van der Waals surface area (Å²) in [6.07, 6.45) is -1.70. The highest BCUT2D eigenvalue weighted by molar-refractivity contribution is 6.21. The van der Waals surface area contributed by atoms with E-state index in [1.807, 2.05) is 0 Å². The predicted molar refractivity (Wildman–Crippen MR) is 110 cm³/mol. The van der Waals surface area contributed by atoms with E-state index in [4.69, 9.17) is 9.15 Å². The van der Waals surface area contributed by atoms with Crippen molar-refractivity contribution in [3.63, 3.8) is 0 Å². The molecule has 1 fully saturated rings. The molecule has 1 aromatic carbocycles. The average Bonchev–Trinajstić information content (AvgIpc) is 3.47. The Kier molecular flexibility index (Phi) is 6.20. The van der Waals surface area contributed by atoms with E-state index in [0.29, 0.717) is 10.7 Å². The normalized spacial score (nSPS) is 16.4. The average molecular weight is 478 g/mol. The van der Waals surface area contributed by atoms with Gasteiger partial charge in [0.1, 0.15) is 12.3 Å². The third-order valence-electron chi connectivity index (χ3n) is 5.89. The van der Waals surface area contributed by atoms with E-state index >= 15 is 0 Å². The highest BCUT2D eigenvalue weighted by Crippen LogP contribution is 2.36. The summed E-state index contributed by atoms with van der Waals surface area (Å²) in [6, 6.07) is 6.32. The number of fused-ring (bicyclic) bond motifs is 1. The maximum absolute atomic E-state index is 12.9. The molecule has 1 aliphatic heterocycles. The number of carbonyl (C=O) groups is 4. The zero-order valence-corrected chi connectivity index (χ0v) is 18.1. The standard InChI is InChI=1S/C23H21F3N2O6/c1-13(14-4-5-14)28(12-23(24,25)26)19(29)11-34-22(32)15-6-7-17-18(9-15)21(31)27(20(17)30)10-16-3-2-8-33-16/h2-3,6-9,13-14H,4-5,10-12H2,1H3. The summed E-state index contributed by atoms with van der Waals surface area (Å²) in [7, 11) is 0. The monoisotopic (exact) mass is 478 g/mol. The van der Waals surface area contributed by atoms with Gasteiger partial charge in [0.25, 0.3) is 17.7 Å². The molecule has 1 aliphatic carbocycles. The van der Waals surface area contributed by atoms with Crippen molar-refractivity contribution in [2.24, 2.45) is 5.92 Å². The summed E-state index contributed by atoms with van der Waals surface area (Å²) < 4.78 is 49.0. The third-order valence-corrected chi connectivity index (χ3v) is 5.89. The van der Waals surface area contributed by atoms with Crippen LogP contribution in [0, 0.1) is 5.92 Å². The van der Waals surface area contributed by atoms with Crippen LogP contribution >= 0.6 is 0 Å². The van der Waals surface area contributed by atoms with Crippen LogP contribution in [0.15, 0.2) is 41.0 Å². The van der Waals surface area contributed by atoms with Gasteiger partial charge in [0, 0.05) is 6.04 Å². The topological polar surface area (TPSA) is 97.1 Å². The van der Waals surface area contributed by atoms with Crippen molar-refractivity contribution in [2.75, 3.05) is 13.2 Å². The lowest BCUT2D eigenvalue weighted by Crippen LogP contribution is -2.47. The highest BCUT2D eigenvalue weighted by atomic mass is 19.4. The molecule has 0 saturated heterocycles. The summed E-state index contributed by atoms with van der Waals surface area (Å²) in [5.74, 6) is -2.74. The minimum absolute atomic E-state index is 0.00798. The number of hydrogen-bond acceptors (Lipinski definition) is 6. The Morgan fingerprint density at radius 3 is 2.50 bits per heavy atom. The van der Waals surface area contributed by atoms with Gasteiger partial charge in [-0.15, -0.1) is 0 Å². The van der Waals surface area contributed by atoms with Gasteiger partial charge in [0.15, 0.2) is 6.61 Å². The first-order valence-electron chi connectivity index (χ1n) is 10.6. The zero-order chi connectivity index (χ0) is 24.6. The Labute approximate surface area is 192 Å². The molecule has 11 heteroatoms. The van der Waals surface area contributed by atoms with E-state index in [1.165, 1.54) is 24.5 Å². The van der Waals surface area contributed by atoms with Gasteiger partial charge in [-0.25, -0.2) is 4.79 Å². The largest absolute Gasteiger partial charge is 0.467 e. The fraction of sp³-hybridized carbons (Fsp3) is 0.391. The van der Waals surface area contributed by atoms with Gasteiger partial charge >= 0.3 is 12.1 Å². The van der Waals surface area contributed by atoms with E-state index < -0.39 is 49.1 Å². The van der Waals surface area contributed by atoms with E-state index in [2.05, 4.69) is 0 Å². The van der Waals surface area contributed by atoms with Gasteiger partial charge in [-0.1, -0.05) is 0 Å². The van der Waals surface area contributed by atoms with Crippen LogP contribution < -0.4 is 0 Å². The first kappa shape index (κ1) is 23.5. The molecule has 34 heavy (non-hydrogen) atoms. The zero-order valence-electron chi connectivity index (χ0n) is 18.1. The lowest BCUT2D eigenvalue weighted by atomic mass is 10.1. The van der Waals surface area contributed by atoms with Crippen molar-refractivity contribution >= 4 is 23.7 Å². The van der Waals surface area contributed by atoms with Crippen LogP contribution in [0.25, 0.3) is 0 Å². The molecule has 2 heterocycles. The van der Waals surface area contributed by atoms with Crippen LogP contribution in [-0.4, -0.2) is 58.9 Å². The van der Waals surface area contributed by atoms with Gasteiger partial charge in [-0.2, -0.15) is 13.2 Å². The number of halogens is 3. The van der Waals surface area contributed by atoms with Crippen LogP contribution in [0.2, 0.25) is 0 Å². The molecule has 2 aromatic rings. The number of amides is 3. The SMILES string of the molecule is CC(C1CC1)N(CC(F)(F)F)C(=O)COC(=O)c1ccc2c(c1)C(=O)N(Cc1ccco1)C2=O. The molecule has 3 amide bonds. The van der Waals surface area contributed by atoms with Crippen molar-refractivity contribution in [1.82, 2.24) is 9.80 Å². The second-order valence-electron chi connectivity index (χ2n) is 8.33. The van der Waals surface area contributed by atoms with E-state index in [-0.39, 0.29) is 29.2 Å². The fourth-order valence-electron chi connectivity index (χ4n) is 3.90. The Hall–Kier alpha value is -3.63. The first-order chi connectivity index (χ1) is 16.0. The smallest absolute Gasteiger partial charge is 0.406 e. The van der Waals surface area contributed by atoms with Gasteiger partial charge in [-0.05, 0) is 56.0 Å². The minimum Gasteiger partial charge on any atom is -0.467 e. The maximum atomic E-state index is 12.9. The number of rotatable bonds is 8. The molecule has 180 valence electrons. The summed E-state index contributed by atoms with van der Waals surface area (Å²) in [4.78, 5) is 51.8. The quantitative estimate of drug-likeness (QED) is 0.426. The van der Waals surface area contributed by atoms with Gasteiger partial charge in [0.05, 0.1) is 29.5 Å². The maximum Gasteiger partial charge on any atom is 0.406 e. The van der Waals surface area contributed by atoms with Gasteiger partial charge in [-0.3, -0.25) is 19.3 Å². The summed E-state index contributed by atoms with van der Waals surface area (Å²) in [6.45, 7) is -0.842. The summed E-state index contributed by atoms with van der Waals surface area (Å²) in [5, 5.41) is 0. The number of furan rings is 1. The number of esters is 1. The number of alkyl halides is 3. The third kappa shape index (κ3) is 4.97. The number of imide groups is 1. The molecule has 8 nitrogen and oxygen atoms in total. The molecule has 0 radical (unpaired) electrons. The van der Waals surface area contributed by atoms with Gasteiger partial charge < -0.3 is 14.1 Å².